The predicted molar refractivity (Wildman–Crippen MR) is 96.5 cm³/mol. The zero-order valence-electron chi connectivity index (χ0n) is 14.7. The third-order valence-electron chi connectivity index (χ3n) is 4.26. The quantitative estimate of drug-likeness (QED) is 0.827. The van der Waals surface area contributed by atoms with Gasteiger partial charge >= 0.3 is 0 Å². The van der Waals surface area contributed by atoms with E-state index in [9.17, 15) is 9.18 Å². The first kappa shape index (κ1) is 18.1. The summed E-state index contributed by atoms with van der Waals surface area (Å²) in [6, 6.07) is 12.3. The first-order valence-corrected chi connectivity index (χ1v) is 8.23. The number of aryl methyl sites for hydroxylation is 1. The third-order valence-corrected chi connectivity index (χ3v) is 4.26. The van der Waals surface area contributed by atoms with Crippen molar-refractivity contribution in [3.8, 4) is 0 Å². The van der Waals surface area contributed by atoms with Gasteiger partial charge in [-0.15, -0.1) is 0 Å². The van der Waals surface area contributed by atoms with Gasteiger partial charge < -0.3 is 10.6 Å². The van der Waals surface area contributed by atoms with Gasteiger partial charge in [0.15, 0.2) is 0 Å². The number of amides is 1. The molecule has 0 bridgehead atoms. The maximum atomic E-state index is 13.1. The van der Waals surface area contributed by atoms with Crippen LogP contribution in [0.2, 0.25) is 0 Å². The first-order chi connectivity index (χ1) is 11.4. The van der Waals surface area contributed by atoms with Crippen molar-refractivity contribution in [3.63, 3.8) is 0 Å². The minimum Gasteiger partial charge on any atom is -0.325 e. The van der Waals surface area contributed by atoms with Crippen LogP contribution in [0.4, 0.5) is 10.1 Å². The minimum absolute atomic E-state index is 0.00467. The molecule has 24 heavy (non-hydrogen) atoms. The summed E-state index contributed by atoms with van der Waals surface area (Å²) >= 11 is 0. The Morgan fingerprint density at radius 3 is 2.38 bits per heavy atom. The van der Waals surface area contributed by atoms with E-state index in [-0.39, 0.29) is 30.2 Å². The van der Waals surface area contributed by atoms with E-state index in [4.69, 9.17) is 0 Å². The van der Waals surface area contributed by atoms with Crippen molar-refractivity contribution < 1.29 is 9.18 Å². The molecule has 0 spiro atoms. The molecule has 3 nitrogen and oxygen atoms in total. The second-order valence-corrected chi connectivity index (χ2v) is 6.45. The zero-order chi connectivity index (χ0) is 17.7. The van der Waals surface area contributed by atoms with Crippen molar-refractivity contribution in [2.75, 3.05) is 11.9 Å². The Kier molecular flexibility index (Phi) is 6.10. The van der Waals surface area contributed by atoms with Gasteiger partial charge in [-0.25, -0.2) is 4.39 Å². The Labute approximate surface area is 143 Å². The van der Waals surface area contributed by atoms with Gasteiger partial charge in [-0.2, -0.15) is 0 Å². The number of anilines is 1. The van der Waals surface area contributed by atoms with E-state index in [1.807, 2.05) is 32.0 Å². The summed E-state index contributed by atoms with van der Waals surface area (Å²) in [5.74, 6) is -0.0608. The standard InChI is InChI=1S/C20H25FN2O/c1-13(2)20(16-8-10-17(21)11-9-16)22-12-19(24)23-18-7-5-6-14(3)15(18)4/h5-11,13,20,22H,12H2,1-4H3,(H,23,24)/t20-/m1/s1. The number of rotatable bonds is 6. The minimum atomic E-state index is -0.256. The molecule has 128 valence electrons. The number of nitrogens with one attached hydrogen (secondary N) is 2. The molecule has 0 aliphatic heterocycles. The van der Waals surface area contributed by atoms with Crippen LogP contribution in [-0.2, 0) is 4.79 Å². The lowest BCUT2D eigenvalue weighted by Crippen LogP contribution is -2.33. The molecule has 0 fully saturated rings. The van der Waals surface area contributed by atoms with Crippen LogP contribution >= 0.6 is 0 Å². The van der Waals surface area contributed by atoms with Crippen molar-refractivity contribution in [3.05, 3.63) is 65.0 Å². The molecule has 4 heteroatoms. The highest BCUT2D eigenvalue weighted by atomic mass is 19.1. The van der Waals surface area contributed by atoms with Gasteiger partial charge in [0, 0.05) is 11.7 Å². The summed E-state index contributed by atoms with van der Waals surface area (Å²) in [5.41, 5.74) is 4.03. The Hall–Kier alpha value is -2.20. The molecule has 0 saturated carbocycles. The molecule has 2 aromatic rings. The van der Waals surface area contributed by atoms with Gasteiger partial charge in [0.25, 0.3) is 0 Å². The molecule has 0 aromatic heterocycles. The summed E-state index contributed by atoms with van der Waals surface area (Å²) in [6.45, 7) is 8.36. The lowest BCUT2D eigenvalue weighted by Gasteiger charge is -2.23. The highest BCUT2D eigenvalue weighted by Crippen LogP contribution is 2.22. The van der Waals surface area contributed by atoms with E-state index in [2.05, 4.69) is 24.5 Å². The van der Waals surface area contributed by atoms with Crippen molar-refractivity contribution in [1.29, 1.82) is 0 Å². The summed E-state index contributed by atoms with van der Waals surface area (Å²) < 4.78 is 13.1. The van der Waals surface area contributed by atoms with E-state index in [0.717, 1.165) is 22.4 Å². The van der Waals surface area contributed by atoms with Crippen molar-refractivity contribution in [2.24, 2.45) is 5.92 Å². The van der Waals surface area contributed by atoms with Crippen molar-refractivity contribution in [1.82, 2.24) is 5.32 Å². The smallest absolute Gasteiger partial charge is 0.238 e. The lowest BCUT2D eigenvalue weighted by molar-refractivity contribution is -0.115. The maximum Gasteiger partial charge on any atom is 0.238 e. The molecule has 2 aromatic carbocycles. The van der Waals surface area contributed by atoms with Crippen LogP contribution in [0, 0.1) is 25.6 Å². The van der Waals surface area contributed by atoms with Crippen LogP contribution in [0.3, 0.4) is 0 Å². The zero-order valence-corrected chi connectivity index (χ0v) is 14.7. The summed E-state index contributed by atoms with van der Waals surface area (Å²) in [6.07, 6.45) is 0. The Balaban J connectivity index is 2.00. The Morgan fingerprint density at radius 1 is 1.08 bits per heavy atom. The van der Waals surface area contributed by atoms with Gasteiger partial charge in [-0.1, -0.05) is 38.1 Å². The van der Waals surface area contributed by atoms with Gasteiger partial charge in [0.1, 0.15) is 5.82 Å². The average molecular weight is 328 g/mol. The molecular formula is C20H25FN2O. The van der Waals surface area contributed by atoms with E-state index in [0.29, 0.717) is 0 Å². The summed E-state index contributed by atoms with van der Waals surface area (Å²) in [5, 5.41) is 6.22. The number of carbonyl (C=O) groups is 1. The maximum absolute atomic E-state index is 13.1. The molecule has 0 aliphatic carbocycles. The van der Waals surface area contributed by atoms with Crippen molar-refractivity contribution >= 4 is 11.6 Å². The molecule has 0 radical (unpaired) electrons. The molecule has 0 heterocycles. The van der Waals surface area contributed by atoms with Gasteiger partial charge in [-0.05, 0) is 54.7 Å². The monoisotopic (exact) mass is 328 g/mol. The molecular weight excluding hydrogens is 303 g/mol. The topological polar surface area (TPSA) is 41.1 Å². The fourth-order valence-corrected chi connectivity index (χ4v) is 2.69. The number of hydrogen-bond donors (Lipinski definition) is 2. The Bertz CT molecular complexity index is 695. The van der Waals surface area contributed by atoms with E-state index < -0.39 is 0 Å². The fourth-order valence-electron chi connectivity index (χ4n) is 2.69. The van der Waals surface area contributed by atoms with Crippen LogP contribution in [0.1, 0.15) is 36.6 Å². The predicted octanol–water partition coefficient (Wildman–Crippen LogP) is 4.37. The number of carbonyl (C=O) groups excluding carboxylic acids is 1. The molecule has 1 amide bonds. The molecule has 1 atom stereocenters. The lowest BCUT2D eigenvalue weighted by atomic mass is 9.96. The summed E-state index contributed by atoms with van der Waals surface area (Å²) in [4.78, 5) is 12.3. The van der Waals surface area contributed by atoms with Crippen LogP contribution in [0.15, 0.2) is 42.5 Å². The van der Waals surface area contributed by atoms with Gasteiger partial charge in [-0.3, -0.25) is 4.79 Å². The number of benzene rings is 2. The molecule has 0 aliphatic rings. The van der Waals surface area contributed by atoms with Crippen LogP contribution in [-0.4, -0.2) is 12.5 Å². The second-order valence-electron chi connectivity index (χ2n) is 6.45. The largest absolute Gasteiger partial charge is 0.325 e. The average Bonchev–Trinajstić information content (AvgIpc) is 2.53. The molecule has 0 unspecified atom stereocenters. The van der Waals surface area contributed by atoms with Crippen LogP contribution in [0.25, 0.3) is 0 Å². The molecule has 2 rings (SSSR count). The molecule has 2 N–H and O–H groups in total. The van der Waals surface area contributed by atoms with Crippen LogP contribution in [0.5, 0.6) is 0 Å². The van der Waals surface area contributed by atoms with Crippen molar-refractivity contribution in [2.45, 2.75) is 33.7 Å². The van der Waals surface area contributed by atoms with E-state index in [1.54, 1.807) is 12.1 Å². The van der Waals surface area contributed by atoms with Crippen LogP contribution < -0.4 is 10.6 Å². The SMILES string of the molecule is Cc1cccc(NC(=O)CN[C@@H](c2ccc(F)cc2)C(C)C)c1C. The van der Waals surface area contributed by atoms with E-state index in [1.165, 1.54) is 12.1 Å². The third kappa shape index (κ3) is 4.65. The fraction of sp³-hybridized carbons (Fsp3) is 0.350. The van der Waals surface area contributed by atoms with Gasteiger partial charge in [0.05, 0.1) is 6.54 Å². The van der Waals surface area contributed by atoms with Gasteiger partial charge in [0.2, 0.25) is 5.91 Å². The number of hydrogen-bond acceptors (Lipinski definition) is 2. The Morgan fingerprint density at radius 2 is 1.75 bits per heavy atom. The normalized spacial score (nSPS) is 12.2. The molecule has 0 saturated heterocycles. The second kappa shape index (κ2) is 8.06. The summed E-state index contributed by atoms with van der Waals surface area (Å²) in [7, 11) is 0. The van der Waals surface area contributed by atoms with E-state index >= 15 is 0 Å². The number of halogens is 1. The highest BCUT2D eigenvalue weighted by molar-refractivity contribution is 5.93. The highest BCUT2D eigenvalue weighted by Gasteiger charge is 2.17. The first-order valence-electron chi connectivity index (χ1n) is 8.23.